The third-order valence-corrected chi connectivity index (χ3v) is 2.71. The predicted octanol–water partition coefficient (Wildman–Crippen LogP) is 2.57. The maximum atomic E-state index is 11.6. The number of benzene rings is 1. The molecule has 104 valence electrons. The Hall–Kier alpha value is -1.75. The molecule has 0 bridgehead atoms. The molecule has 2 amide bonds. The van der Waals surface area contributed by atoms with Gasteiger partial charge >= 0.3 is 12.0 Å². The van der Waals surface area contributed by atoms with Gasteiger partial charge in [-0.25, -0.2) is 4.79 Å². The molecule has 0 fully saturated rings. The van der Waals surface area contributed by atoms with Gasteiger partial charge in [-0.15, -0.1) is 0 Å². The van der Waals surface area contributed by atoms with E-state index >= 15 is 0 Å². The van der Waals surface area contributed by atoms with Crippen LogP contribution in [0.3, 0.4) is 0 Å². The van der Waals surface area contributed by atoms with Crippen LogP contribution in [0, 0.1) is 0 Å². The van der Waals surface area contributed by atoms with E-state index in [1.807, 2.05) is 6.92 Å². The first-order valence-corrected chi connectivity index (χ1v) is 6.42. The predicted molar refractivity (Wildman–Crippen MR) is 73.3 cm³/mol. The first-order valence-electron chi connectivity index (χ1n) is 6.04. The van der Waals surface area contributed by atoms with Crippen LogP contribution in [-0.4, -0.2) is 23.7 Å². The second kappa shape index (κ2) is 7.63. The molecule has 0 saturated carbocycles. The van der Waals surface area contributed by atoms with E-state index in [-0.39, 0.29) is 12.5 Å². The van der Waals surface area contributed by atoms with Crippen molar-refractivity contribution in [1.29, 1.82) is 0 Å². The summed E-state index contributed by atoms with van der Waals surface area (Å²) in [5, 5.41) is 14.7. The largest absolute Gasteiger partial charge is 0.481 e. The number of rotatable bonds is 6. The number of carbonyl (C=O) groups excluding carboxylic acids is 1. The minimum absolute atomic E-state index is 0.195. The average Bonchev–Trinajstić information content (AvgIpc) is 2.35. The van der Waals surface area contributed by atoms with Gasteiger partial charge in [0.1, 0.15) is 0 Å². The molecule has 0 spiro atoms. The zero-order valence-corrected chi connectivity index (χ0v) is 11.4. The summed E-state index contributed by atoms with van der Waals surface area (Å²) >= 11 is 5.87. The highest BCUT2D eigenvalue weighted by atomic mass is 35.5. The zero-order valence-electron chi connectivity index (χ0n) is 10.6. The summed E-state index contributed by atoms with van der Waals surface area (Å²) in [6.07, 6.45) is 0.619. The first kappa shape index (κ1) is 15.3. The van der Waals surface area contributed by atoms with Crippen LogP contribution in [0.25, 0.3) is 0 Å². The van der Waals surface area contributed by atoms with E-state index < -0.39 is 12.0 Å². The number of hydrogen-bond donors (Lipinski definition) is 3. The number of halogens is 1. The highest BCUT2D eigenvalue weighted by molar-refractivity contribution is 6.30. The quantitative estimate of drug-likeness (QED) is 0.751. The maximum absolute atomic E-state index is 11.6. The first-order chi connectivity index (χ1) is 9.02. The maximum Gasteiger partial charge on any atom is 0.315 e. The van der Waals surface area contributed by atoms with Crippen LogP contribution in [0.2, 0.25) is 5.02 Å². The van der Waals surface area contributed by atoms with Crippen molar-refractivity contribution >= 4 is 23.6 Å². The van der Waals surface area contributed by atoms with Gasteiger partial charge in [-0.05, 0) is 24.1 Å². The van der Waals surface area contributed by atoms with Crippen LogP contribution in [0.4, 0.5) is 4.79 Å². The molecule has 1 rings (SSSR count). The summed E-state index contributed by atoms with van der Waals surface area (Å²) in [7, 11) is 0. The van der Waals surface area contributed by atoms with Crippen LogP contribution >= 0.6 is 11.6 Å². The Morgan fingerprint density at radius 3 is 2.74 bits per heavy atom. The SMILES string of the molecule is CCCNC(=O)NC(CC(=O)O)c1cccc(Cl)c1. The summed E-state index contributed by atoms with van der Waals surface area (Å²) in [4.78, 5) is 22.5. The molecule has 0 aliphatic carbocycles. The summed E-state index contributed by atoms with van der Waals surface area (Å²) in [6, 6.07) is 5.81. The van der Waals surface area contributed by atoms with Gasteiger partial charge in [0.2, 0.25) is 0 Å². The molecular weight excluding hydrogens is 268 g/mol. The Morgan fingerprint density at radius 2 is 2.16 bits per heavy atom. The van der Waals surface area contributed by atoms with E-state index in [1.54, 1.807) is 24.3 Å². The second-order valence-corrected chi connectivity index (χ2v) is 4.54. The highest BCUT2D eigenvalue weighted by Crippen LogP contribution is 2.20. The Labute approximate surface area is 117 Å². The molecule has 6 heteroatoms. The lowest BCUT2D eigenvalue weighted by Gasteiger charge is -2.18. The molecule has 0 aliphatic heterocycles. The number of carboxylic acid groups (broad SMARTS) is 1. The van der Waals surface area contributed by atoms with E-state index in [2.05, 4.69) is 10.6 Å². The molecule has 3 N–H and O–H groups in total. The van der Waals surface area contributed by atoms with Crippen LogP contribution in [0.1, 0.15) is 31.4 Å². The molecule has 5 nitrogen and oxygen atoms in total. The van der Waals surface area contributed by atoms with Gasteiger partial charge in [0, 0.05) is 11.6 Å². The highest BCUT2D eigenvalue weighted by Gasteiger charge is 2.18. The van der Waals surface area contributed by atoms with Crippen molar-refractivity contribution in [3.05, 3.63) is 34.9 Å². The molecule has 0 aromatic heterocycles. The molecule has 1 aromatic carbocycles. The number of carboxylic acids is 1. The van der Waals surface area contributed by atoms with Crippen LogP contribution in [0.5, 0.6) is 0 Å². The topological polar surface area (TPSA) is 78.4 Å². The number of aliphatic carboxylic acids is 1. The van der Waals surface area contributed by atoms with Crippen LogP contribution in [-0.2, 0) is 4.79 Å². The third-order valence-electron chi connectivity index (χ3n) is 2.47. The minimum atomic E-state index is -0.985. The summed E-state index contributed by atoms with van der Waals surface area (Å²) < 4.78 is 0. The van der Waals surface area contributed by atoms with Gasteiger partial charge in [-0.1, -0.05) is 30.7 Å². The lowest BCUT2D eigenvalue weighted by molar-refractivity contribution is -0.137. The van der Waals surface area contributed by atoms with Crippen molar-refractivity contribution in [3.8, 4) is 0 Å². The van der Waals surface area contributed by atoms with Crippen molar-refractivity contribution in [1.82, 2.24) is 10.6 Å². The Bertz CT molecular complexity index is 451. The van der Waals surface area contributed by atoms with E-state index in [4.69, 9.17) is 16.7 Å². The molecule has 1 atom stereocenters. The van der Waals surface area contributed by atoms with Crippen LogP contribution < -0.4 is 10.6 Å². The van der Waals surface area contributed by atoms with Crippen molar-refractivity contribution < 1.29 is 14.7 Å². The van der Waals surface area contributed by atoms with Crippen molar-refractivity contribution in [2.45, 2.75) is 25.8 Å². The molecular formula is C13H17ClN2O3. The number of carbonyl (C=O) groups is 2. The molecule has 0 radical (unpaired) electrons. The van der Waals surface area contributed by atoms with Gasteiger partial charge < -0.3 is 15.7 Å². The normalized spacial score (nSPS) is 11.7. The number of hydrogen-bond acceptors (Lipinski definition) is 2. The Kier molecular flexibility index (Phi) is 6.15. The van der Waals surface area contributed by atoms with Gasteiger partial charge in [-0.2, -0.15) is 0 Å². The smallest absolute Gasteiger partial charge is 0.315 e. The second-order valence-electron chi connectivity index (χ2n) is 4.11. The minimum Gasteiger partial charge on any atom is -0.481 e. The fraction of sp³-hybridized carbons (Fsp3) is 0.385. The molecule has 0 saturated heterocycles. The van der Waals surface area contributed by atoms with Gasteiger partial charge in [-0.3, -0.25) is 4.79 Å². The zero-order chi connectivity index (χ0) is 14.3. The van der Waals surface area contributed by atoms with Gasteiger partial charge in [0.05, 0.1) is 12.5 Å². The molecule has 19 heavy (non-hydrogen) atoms. The fourth-order valence-electron chi connectivity index (χ4n) is 1.60. The monoisotopic (exact) mass is 284 g/mol. The standard InChI is InChI=1S/C13H17ClN2O3/c1-2-6-15-13(19)16-11(8-12(17)18)9-4-3-5-10(14)7-9/h3-5,7,11H,2,6,8H2,1H3,(H,17,18)(H2,15,16,19). The summed E-state index contributed by atoms with van der Waals surface area (Å²) in [5.74, 6) is -0.985. The Morgan fingerprint density at radius 1 is 1.42 bits per heavy atom. The van der Waals surface area contributed by atoms with E-state index in [0.29, 0.717) is 17.1 Å². The van der Waals surface area contributed by atoms with Gasteiger partial charge in [0.25, 0.3) is 0 Å². The third kappa shape index (κ3) is 5.61. The molecule has 1 unspecified atom stereocenters. The van der Waals surface area contributed by atoms with E-state index in [0.717, 1.165) is 6.42 Å². The van der Waals surface area contributed by atoms with Crippen molar-refractivity contribution in [3.63, 3.8) is 0 Å². The van der Waals surface area contributed by atoms with E-state index in [1.165, 1.54) is 0 Å². The number of amides is 2. The lowest BCUT2D eigenvalue weighted by Crippen LogP contribution is -2.39. The number of urea groups is 1. The van der Waals surface area contributed by atoms with E-state index in [9.17, 15) is 9.59 Å². The van der Waals surface area contributed by atoms with Crippen LogP contribution in [0.15, 0.2) is 24.3 Å². The Balaban J connectivity index is 2.77. The lowest BCUT2D eigenvalue weighted by atomic mass is 10.0. The van der Waals surface area contributed by atoms with Crippen molar-refractivity contribution in [2.75, 3.05) is 6.54 Å². The van der Waals surface area contributed by atoms with Crippen molar-refractivity contribution in [2.24, 2.45) is 0 Å². The summed E-state index contributed by atoms with van der Waals surface area (Å²) in [5.41, 5.74) is 0.668. The average molecular weight is 285 g/mol. The van der Waals surface area contributed by atoms with Gasteiger partial charge in [0.15, 0.2) is 0 Å². The number of nitrogens with one attached hydrogen (secondary N) is 2. The molecule has 0 aliphatic rings. The fourth-order valence-corrected chi connectivity index (χ4v) is 1.80. The molecule has 1 aromatic rings. The summed E-state index contributed by atoms with van der Waals surface area (Å²) in [6.45, 7) is 2.48. The molecule has 0 heterocycles.